The summed E-state index contributed by atoms with van der Waals surface area (Å²) < 4.78 is 11.6. The van der Waals surface area contributed by atoms with Crippen LogP contribution in [0.4, 0.5) is 5.69 Å². The molecule has 2 amide bonds. The van der Waals surface area contributed by atoms with E-state index in [0.29, 0.717) is 31.3 Å². The van der Waals surface area contributed by atoms with Gasteiger partial charge in [-0.1, -0.05) is 46.2 Å². The zero-order valence-corrected chi connectivity index (χ0v) is 22.8. The number of benzene rings is 1. The summed E-state index contributed by atoms with van der Waals surface area (Å²) in [6.45, 7) is 9.76. The minimum Gasteiger partial charge on any atom is -0.399 e. The Morgan fingerprint density at radius 1 is 1.14 bits per heavy atom. The molecule has 1 aliphatic rings. The monoisotopic (exact) mass is 489 g/mol. The molecule has 7 heteroatoms. The molecule has 2 N–H and O–H groups in total. The van der Waals surface area contributed by atoms with Gasteiger partial charge in [0.15, 0.2) is 0 Å². The highest BCUT2D eigenvalue weighted by atomic mass is 16.5. The van der Waals surface area contributed by atoms with Gasteiger partial charge in [0.05, 0.1) is 30.6 Å². The number of nitrogen functional groups attached to an aromatic ring is 1. The Hall–Kier alpha value is -2.12. The first-order chi connectivity index (χ1) is 16.6. The van der Waals surface area contributed by atoms with Crippen LogP contribution in [0.25, 0.3) is 0 Å². The number of hydrogen-bond donors (Lipinski definition) is 1. The summed E-state index contributed by atoms with van der Waals surface area (Å²) in [5.74, 6) is 0.547. The van der Waals surface area contributed by atoms with Crippen molar-refractivity contribution in [2.24, 2.45) is 17.8 Å². The highest BCUT2D eigenvalue weighted by molar-refractivity contribution is 5.80. The van der Waals surface area contributed by atoms with E-state index in [4.69, 9.17) is 15.2 Å². The van der Waals surface area contributed by atoms with Gasteiger partial charge in [0.2, 0.25) is 11.8 Å². The van der Waals surface area contributed by atoms with Crippen molar-refractivity contribution < 1.29 is 19.1 Å². The van der Waals surface area contributed by atoms with Crippen LogP contribution >= 0.6 is 0 Å². The van der Waals surface area contributed by atoms with Gasteiger partial charge in [0.25, 0.3) is 0 Å². The quantitative estimate of drug-likeness (QED) is 0.423. The number of hydrogen-bond acceptors (Lipinski definition) is 5. The van der Waals surface area contributed by atoms with Crippen molar-refractivity contribution in [2.75, 3.05) is 40.1 Å². The Labute approximate surface area is 212 Å². The summed E-state index contributed by atoms with van der Waals surface area (Å²) in [7, 11) is 5.17. The van der Waals surface area contributed by atoms with E-state index in [0.717, 1.165) is 36.9 Å². The van der Waals surface area contributed by atoms with Gasteiger partial charge in [-0.3, -0.25) is 9.59 Å². The second-order valence-corrected chi connectivity index (χ2v) is 10.3. The predicted molar refractivity (Wildman–Crippen MR) is 141 cm³/mol. The van der Waals surface area contributed by atoms with Crippen molar-refractivity contribution in [3.05, 3.63) is 29.8 Å². The second kappa shape index (κ2) is 13.8. The molecule has 0 aliphatic carbocycles. The largest absolute Gasteiger partial charge is 0.399 e. The van der Waals surface area contributed by atoms with E-state index in [9.17, 15) is 9.59 Å². The van der Waals surface area contributed by atoms with Gasteiger partial charge in [-0.05, 0) is 48.8 Å². The Kier molecular flexibility index (Phi) is 11.5. The van der Waals surface area contributed by atoms with E-state index in [1.807, 2.05) is 43.1 Å². The lowest BCUT2D eigenvalue weighted by Crippen LogP contribution is -2.50. The molecule has 0 radical (unpaired) electrons. The molecular weight excluding hydrogens is 442 g/mol. The maximum Gasteiger partial charge on any atom is 0.227 e. The van der Waals surface area contributed by atoms with Crippen LogP contribution in [-0.4, -0.2) is 74.2 Å². The lowest BCUT2D eigenvalue weighted by Gasteiger charge is -2.36. The zero-order chi connectivity index (χ0) is 26.1. The van der Waals surface area contributed by atoms with Gasteiger partial charge in [0, 0.05) is 40.0 Å². The van der Waals surface area contributed by atoms with Crippen LogP contribution in [0.2, 0.25) is 0 Å². The minimum atomic E-state index is -0.355. The molecule has 2 rings (SSSR count). The molecular formula is C28H47N3O4. The second-order valence-electron chi connectivity index (χ2n) is 10.3. The van der Waals surface area contributed by atoms with Gasteiger partial charge in [-0.2, -0.15) is 0 Å². The first-order valence-corrected chi connectivity index (χ1v) is 13.1. The van der Waals surface area contributed by atoms with E-state index in [2.05, 4.69) is 20.8 Å². The number of nitrogens with zero attached hydrogens (tertiary/aromatic N) is 2. The van der Waals surface area contributed by atoms with E-state index < -0.39 is 0 Å². The van der Waals surface area contributed by atoms with Crippen LogP contribution in [0.15, 0.2) is 24.3 Å². The number of amides is 2. The molecule has 1 aliphatic heterocycles. The van der Waals surface area contributed by atoms with E-state index in [-0.39, 0.29) is 36.0 Å². The number of ether oxygens (including phenoxy) is 2. The number of methoxy groups -OCH3 is 2. The number of carbonyl (C=O) groups excluding carboxylic acids is 2. The summed E-state index contributed by atoms with van der Waals surface area (Å²) >= 11 is 0. The first-order valence-electron chi connectivity index (χ1n) is 13.1. The van der Waals surface area contributed by atoms with Crippen molar-refractivity contribution in [1.82, 2.24) is 9.80 Å². The Morgan fingerprint density at radius 3 is 2.37 bits per heavy atom. The topological polar surface area (TPSA) is 85.1 Å². The fourth-order valence-corrected chi connectivity index (χ4v) is 5.23. The third kappa shape index (κ3) is 7.68. The molecule has 1 saturated heterocycles. The molecule has 7 nitrogen and oxygen atoms in total. The molecule has 0 aromatic heterocycles. The standard InChI is InChI=1S/C28H47N3O4/c1-8-19(2)20(3)25(34-6)18-26(32)31-16-9-10-24(31)27(35-7)21(4)28(33)30(5)17-15-22-11-13-23(29)14-12-22/h11-14,19-21,24-25,27H,8-10,15-18,29H2,1-7H3/t19-,20?,21+,24-,25+,27+/m0/s1. The van der Waals surface area contributed by atoms with Crippen molar-refractivity contribution in [3.63, 3.8) is 0 Å². The summed E-state index contributed by atoms with van der Waals surface area (Å²) in [6, 6.07) is 7.64. The van der Waals surface area contributed by atoms with Gasteiger partial charge in [-0.25, -0.2) is 0 Å². The number of anilines is 1. The van der Waals surface area contributed by atoms with Crippen LogP contribution in [0, 0.1) is 17.8 Å². The zero-order valence-electron chi connectivity index (χ0n) is 22.8. The number of likely N-dealkylation sites (tertiary alicyclic amines) is 1. The molecule has 1 aromatic rings. The highest BCUT2D eigenvalue weighted by Gasteiger charge is 2.41. The minimum absolute atomic E-state index is 0.0340. The van der Waals surface area contributed by atoms with Crippen LogP contribution in [0.1, 0.15) is 58.9 Å². The summed E-state index contributed by atoms with van der Waals surface area (Å²) in [6.07, 6.45) is 3.47. The first kappa shape index (κ1) is 29.1. The van der Waals surface area contributed by atoms with E-state index >= 15 is 0 Å². The predicted octanol–water partition coefficient (Wildman–Crippen LogP) is 4.00. The molecule has 1 heterocycles. The fourth-order valence-electron chi connectivity index (χ4n) is 5.23. The number of carbonyl (C=O) groups is 2. The van der Waals surface area contributed by atoms with Gasteiger partial charge in [-0.15, -0.1) is 0 Å². The fraction of sp³-hybridized carbons (Fsp3) is 0.714. The molecule has 198 valence electrons. The van der Waals surface area contributed by atoms with Crippen LogP contribution in [-0.2, 0) is 25.5 Å². The average Bonchev–Trinajstić information content (AvgIpc) is 3.35. The summed E-state index contributed by atoms with van der Waals surface area (Å²) in [5.41, 5.74) is 7.64. The third-order valence-corrected chi connectivity index (χ3v) is 8.05. The smallest absolute Gasteiger partial charge is 0.227 e. The Morgan fingerprint density at radius 2 is 1.80 bits per heavy atom. The molecule has 6 atom stereocenters. The van der Waals surface area contributed by atoms with Crippen LogP contribution in [0.5, 0.6) is 0 Å². The van der Waals surface area contributed by atoms with Gasteiger partial charge in [0.1, 0.15) is 0 Å². The van der Waals surface area contributed by atoms with Crippen LogP contribution < -0.4 is 5.73 Å². The number of nitrogens with two attached hydrogens (primary N) is 1. The molecule has 1 aromatic carbocycles. The summed E-state index contributed by atoms with van der Waals surface area (Å²) in [5, 5.41) is 0. The molecule has 0 spiro atoms. The molecule has 1 unspecified atom stereocenters. The van der Waals surface area contributed by atoms with Crippen molar-refractivity contribution in [2.45, 2.75) is 78.0 Å². The normalized spacial score (nSPS) is 20.2. The van der Waals surface area contributed by atoms with Crippen molar-refractivity contribution >= 4 is 17.5 Å². The lowest BCUT2D eigenvalue weighted by molar-refractivity contribution is -0.146. The van der Waals surface area contributed by atoms with Crippen molar-refractivity contribution in [1.29, 1.82) is 0 Å². The Bertz CT molecular complexity index is 800. The maximum absolute atomic E-state index is 13.4. The molecule has 0 bridgehead atoms. The number of likely N-dealkylation sites (N-methyl/N-ethyl adjacent to an activating group) is 1. The summed E-state index contributed by atoms with van der Waals surface area (Å²) in [4.78, 5) is 30.3. The lowest BCUT2D eigenvalue weighted by atomic mass is 9.87. The number of rotatable bonds is 13. The van der Waals surface area contributed by atoms with Crippen molar-refractivity contribution in [3.8, 4) is 0 Å². The van der Waals surface area contributed by atoms with E-state index in [1.54, 1.807) is 19.1 Å². The molecule has 35 heavy (non-hydrogen) atoms. The molecule has 0 saturated carbocycles. The van der Waals surface area contributed by atoms with Gasteiger partial charge >= 0.3 is 0 Å². The third-order valence-electron chi connectivity index (χ3n) is 8.05. The highest BCUT2D eigenvalue weighted by Crippen LogP contribution is 2.30. The average molecular weight is 490 g/mol. The maximum atomic E-state index is 13.4. The SMILES string of the molecule is CC[C@H](C)C(C)[C@@H](CC(=O)N1CCC[C@H]1[C@H](OC)[C@@H](C)C(=O)N(C)CCc1ccc(N)cc1)OC. The molecule has 1 fully saturated rings. The Balaban J connectivity index is 2.02. The van der Waals surface area contributed by atoms with E-state index in [1.165, 1.54) is 0 Å². The van der Waals surface area contributed by atoms with Gasteiger partial charge < -0.3 is 25.0 Å². The van der Waals surface area contributed by atoms with Crippen LogP contribution in [0.3, 0.4) is 0 Å².